The summed E-state index contributed by atoms with van der Waals surface area (Å²) in [6.07, 6.45) is 1.19. The number of carboxylic acid groups (broad SMARTS) is 4. The minimum Gasteiger partial charge on any atom is -0.481 e. The van der Waals surface area contributed by atoms with Crippen molar-refractivity contribution in [1.29, 1.82) is 0 Å². The molecule has 0 aromatic heterocycles. The Kier molecular flexibility index (Phi) is 31.0. The molecule has 2 saturated heterocycles. The molecule has 5 unspecified atom stereocenters. The molecule has 2 rings (SSSR count). The molecule has 33 heteroatoms. The molecule has 0 radical (unpaired) electrons. The summed E-state index contributed by atoms with van der Waals surface area (Å²) >= 11 is 0. The average molecular weight is 1270 g/mol. The van der Waals surface area contributed by atoms with Crippen LogP contribution in [-0.4, -0.2) is 217 Å². The van der Waals surface area contributed by atoms with E-state index in [1.54, 1.807) is 24.4 Å². The molecule has 2 aliphatic rings. The van der Waals surface area contributed by atoms with Gasteiger partial charge in [-0.2, -0.15) is 0 Å². The van der Waals surface area contributed by atoms with Crippen LogP contribution in [0, 0.1) is 35.5 Å². The summed E-state index contributed by atoms with van der Waals surface area (Å²) in [7, 11) is 0. The van der Waals surface area contributed by atoms with Crippen LogP contribution in [-0.2, 0) is 71.9 Å². The van der Waals surface area contributed by atoms with Crippen molar-refractivity contribution in [2.24, 2.45) is 41.2 Å². The second-order valence-electron chi connectivity index (χ2n) is 23.2. The maximum atomic E-state index is 14.8. The molecule has 2 heterocycles. The van der Waals surface area contributed by atoms with Gasteiger partial charge in [0.15, 0.2) is 12.2 Å². The maximum Gasteiger partial charge on any atom is 0.335 e. The number of carboxylic acids is 4. The number of nitrogens with zero attached hydrogens (tertiary/aromatic N) is 1. The smallest absolute Gasteiger partial charge is 0.335 e. The quantitative estimate of drug-likeness (QED) is 0.0274. The number of amides is 11. The Balaban J connectivity index is 2.99. The van der Waals surface area contributed by atoms with Gasteiger partial charge in [0, 0.05) is 12.6 Å². The third-order valence-corrected chi connectivity index (χ3v) is 14.7. The van der Waals surface area contributed by atoms with Gasteiger partial charge in [-0.1, -0.05) is 66.7 Å². The molecule has 15 atom stereocenters. The Hall–Kier alpha value is -8.59. The highest BCUT2D eigenvalue weighted by atomic mass is 16.4. The van der Waals surface area contributed by atoms with E-state index >= 15 is 0 Å². The van der Waals surface area contributed by atoms with Crippen LogP contribution in [0.1, 0.15) is 108 Å². The van der Waals surface area contributed by atoms with Crippen molar-refractivity contribution in [1.82, 2.24) is 58.1 Å². The molecule has 18 N–H and O–H groups in total. The van der Waals surface area contributed by atoms with Crippen LogP contribution in [0.4, 0.5) is 0 Å². The Morgan fingerprint density at radius 3 is 1.70 bits per heavy atom. The van der Waals surface area contributed by atoms with Crippen molar-refractivity contribution in [3.8, 4) is 0 Å². The van der Waals surface area contributed by atoms with Gasteiger partial charge in [-0.05, 0) is 89.5 Å². The summed E-state index contributed by atoms with van der Waals surface area (Å²) in [6, 6.07) is -19.4. The first kappa shape index (κ1) is 76.5. The summed E-state index contributed by atoms with van der Waals surface area (Å²) in [5.41, 5.74) is 5.68. The van der Waals surface area contributed by atoms with Gasteiger partial charge in [0.2, 0.25) is 65.0 Å². The van der Waals surface area contributed by atoms with Crippen molar-refractivity contribution < 1.29 is 103 Å². The van der Waals surface area contributed by atoms with E-state index in [2.05, 4.69) is 37.2 Å². The molecule has 0 saturated carbocycles. The van der Waals surface area contributed by atoms with E-state index < -0.39 is 198 Å². The van der Waals surface area contributed by atoms with E-state index in [4.69, 9.17) is 5.73 Å². The summed E-state index contributed by atoms with van der Waals surface area (Å²) in [5.74, 6) is -27.0. The normalized spacial score (nSPS) is 26.2. The number of nitrogens with two attached hydrogens (primary N) is 1. The summed E-state index contributed by atoms with van der Waals surface area (Å²) in [5, 5.41) is 83.2. The number of rotatable bonds is 22. The third-order valence-electron chi connectivity index (χ3n) is 14.7. The number of unbranched alkanes of at least 4 members (excludes halogenated alkanes) is 1. The largest absolute Gasteiger partial charge is 0.481 e. The van der Waals surface area contributed by atoms with Crippen LogP contribution in [0.3, 0.4) is 0 Å². The third kappa shape index (κ3) is 23.5. The Morgan fingerprint density at radius 2 is 1.16 bits per heavy atom. The monoisotopic (exact) mass is 1260 g/mol. The van der Waals surface area contributed by atoms with Gasteiger partial charge in [-0.25, -0.2) is 9.59 Å². The van der Waals surface area contributed by atoms with Crippen molar-refractivity contribution in [3.05, 3.63) is 24.3 Å². The second-order valence-corrected chi connectivity index (χ2v) is 23.2. The SMILES string of the molecule is CC(C)CC/C=C\C=C\C(=O)N[C@H](C(=O)N[C@@H]1C(=O)N[C@H](C(C)C)C(=O)N[C@@H](CCCCN)C(=O)N[C@@H](C(O)C(=O)O)C(=O)N[C@@H](C(O)C(=O)O)C(=O)NCC(=O)N[C@H](C(C)C(=O)O)C(=O)N[C@@H](C(C)C)C(=O)N2C[C@H](C)C[C@H]2C(=O)NC1C)C(C)C(=O)O. The zero-order chi connectivity index (χ0) is 67.9. The second kappa shape index (κ2) is 36.0. The summed E-state index contributed by atoms with van der Waals surface area (Å²) in [4.78, 5) is 205. The van der Waals surface area contributed by atoms with Crippen LogP contribution in [0.25, 0.3) is 0 Å². The van der Waals surface area contributed by atoms with Crippen LogP contribution in [0.5, 0.6) is 0 Å². The highest BCUT2D eigenvalue weighted by Crippen LogP contribution is 2.26. The first-order chi connectivity index (χ1) is 41.5. The predicted octanol–water partition coefficient (Wildman–Crippen LogP) is -4.94. The van der Waals surface area contributed by atoms with Gasteiger partial charge in [-0.3, -0.25) is 62.3 Å². The molecule has 0 aliphatic carbocycles. The minimum absolute atomic E-state index is 0.0245. The van der Waals surface area contributed by atoms with E-state index in [-0.39, 0.29) is 38.8 Å². The molecule has 498 valence electrons. The standard InChI is InChI=1S/C56H88N12O21/c1-24(2)17-13-11-12-14-19-33(69)61-37(28(8)53(82)83)49(78)65-39-30(10)59-45(74)32-21-27(7)23-68(32)52(81)36(26(5)6)64-48(77)38(29(9)54(84)85)62-34(70)22-58-46(75)40(42(71)55(86)87)67-51(80)41(43(72)56(88)89)66-44(73)31(18-15-16-20-57)60-47(76)35(25(3)4)63-50(39)79/h11-12,14,19,24-32,35-43,71-72H,13,15-18,20-23,57H2,1-10H3,(H,58,75)(H,59,74)(H,60,76)(H,61,69)(H,62,70)(H,63,79)(H,64,77)(H,65,78)(H,66,73)(H,67,80)(H,82,83)(H,84,85)(H,86,87)(H,88,89)/b12-11-,19-14+/t27-,28?,29?,30?,31+,32+,35-,36+,37+,38-,39+,40+,41+,42?,43?/m1/s1. The number of carbonyl (C=O) groups excluding carboxylic acids is 11. The molecule has 0 aromatic rings. The number of aliphatic carboxylic acids is 4. The van der Waals surface area contributed by atoms with Gasteiger partial charge in [0.25, 0.3) is 0 Å². The minimum atomic E-state index is -2.93. The zero-order valence-corrected chi connectivity index (χ0v) is 51.4. The lowest BCUT2D eigenvalue weighted by atomic mass is 9.97. The van der Waals surface area contributed by atoms with Crippen LogP contribution in [0.15, 0.2) is 24.3 Å². The van der Waals surface area contributed by atoms with E-state index in [1.807, 2.05) is 24.5 Å². The Labute approximate surface area is 513 Å². The van der Waals surface area contributed by atoms with Crippen LogP contribution in [0.2, 0.25) is 0 Å². The number of aliphatic hydroxyl groups excluding tert-OH is 2. The van der Waals surface area contributed by atoms with Crippen molar-refractivity contribution in [3.63, 3.8) is 0 Å². The number of allylic oxidation sites excluding steroid dienone is 3. The van der Waals surface area contributed by atoms with E-state index in [9.17, 15) is 103 Å². The average Bonchev–Trinajstić information content (AvgIpc) is 2.08. The first-order valence-corrected chi connectivity index (χ1v) is 29.1. The maximum absolute atomic E-state index is 14.8. The Morgan fingerprint density at radius 1 is 0.618 bits per heavy atom. The molecule has 11 amide bonds. The Bertz CT molecular complexity index is 2670. The summed E-state index contributed by atoms with van der Waals surface area (Å²) in [6.45, 7) is 13.5. The topological polar surface area (TPSA) is 527 Å². The van der Waals surface area contributed by atoms with Crippen molar-refractivity contribution in [2.45, 2.75) is 180 Å². The highest BCUT2D eigenvalue weighted by Gasteiger charge is 2.46. The first-order valence-electron chi connectivity index (χ1n) is 29.1. The molecule has 0 spiro atoms. The van der Waals surface area contributed by atoms with Crippen molar-refractivity contribution in [2.75, 3.05) is 19.6 Å². The summed E-state index contributed by atoms with van der Waals surface area (Å²) < 4.78 is 0. The van der Waals surface area contributed by atoms with Gasteiger partial charge in [-0.15, -0.1) is 0 Å². The van der Waals surface area contributed by atoms with E-state index in [1.165, 1.54) is 40.7 Å². The van der Waals surface area contributed by atoms with Gasteiger partial charge in [0.1, 0.15) is 54.4 Å². The van der Waals surface area contributed by atoms with Crippen LogP contribution < -0.4 is 58.9 Å². The van der Waals surface area contributed by atoms with Gasteiger partial charge < -0.3 is 94.4 Å². The lowest BCUT2D eigenvalue weighted by molar-refractivity contribution is -0.155. The fraction of sp³-hybridized carbons (Fsp3) is 0.661. The lowest BCUT2D eigenvalue weighted by Crippen LogP contribution is -2.66. The number of hydrogen-bond donors (Lipinski definition) is 17. The number of nitrogens with one attached hydrogen (secondary N) is 10. The van der Waals surface area contributed by atoms with Gasteiger partial charge in [0.05, 0.1) is 24.4 Å². The van der Waals surface area contributed by atoms with Crippen LogP contribution >= 0.6 is 0 Å². The number of aliphatic hydroxyl groups is 2. The molecular formula is C56H88N12O21. The van der Waals surface area contributed by atoms with E-state index in [0.29, 0.717) is 12.3 Å². The molecule has 2 fully saturated rings. The zero-order valence-electron chi connectivity index (χ0n) is 51.4. The predicted molar refractivity (Wildman–Crippen MR) is 311 cm³/mol. The fourth-order valence-corrected chi connectivity index (χ4v) is 9.27. The highest BCUT2D eigenvalue weighted by molar-refractivity contribution is 6.02. The molecule has 89 heavy (non-hydrogen) atoms. The van der Waals surface area contributed by atoms with Gasteiger partial charge >= 0.3 is 23.9 Å². The number of carbonyl (C=O) groups is 15. The molecule has 0 aromatic carbocycles. The fourth-order valence-electron chi connectivity index (χ4n) is 9.27. The van der Waals surface area contributed by atoms with Crippen molar-refractivity contribution >= 4 is 88.9 Å². The van der Waals surface area contributed by atoms with E-state index in [0.717, 1.165) is 31.2 Å². The lowest BCUT2D eigenvalue weighted by Gasteiger charge is -2.34. The number of hydrogen-bond acceptors (Lipinski definition) is 18. The molecule has 0 bridgehead atoms. The number of fused-ring (bicyclic) bond motifs is 1. The molecular weight excluding hydrogens is 1180 g/mol. The molecule has 33 nitrogen and oxygen atoms in total. The molecule has 2 aliphatic heterocycles.